The Morgan fingerprint density at radius 2 is 2.20 bits per heavy atom. The van der Waals surface area contributed by atoms with Gasteiger partial charge in [0.15, 0.2) is 0 Å². The van der Waals surface area contributed by atoms with Crippen molar-refractivity contribution in [3.63, 3.8) is 0 Å². The maximum absolute atomic E-state index is 12.8. The number of nitrogens with zero attached hydrogens (tertiary/aromatic N) is 3. The monoisotopic (exact) mass is 344 g/mol. The number of H-pyrrole nitrogens is 1. The number of hydrogen-bond donors (Lipinski definition) is 1. The molecule has 8 nitrogen and oxygen atoms in total. The van der Waals surface area contributed by atoms with E-state index in [1.807, 2.05) is 6.92 Å². The number of amides is 1. The molecule has 2 aliphatic rings. The standard InChI is InChI=1S/C17H20N4O4/c1-3-25-10(2)13-8-14-18-15-12(16(22)21(14)19-13)9-20(17(15)23)11-4-6-24-7-5-11/h8,11,18H,2-7,9H2,1H3. The number of rotatable bonds is 4. The SMILES string of the molecule is C=C(OCC)c1cc2[nH]c3c(c(=O)n2n1)CN(C1CCOCC1)C3=O. The van der Waals surface area contributed by atoms with Gasteiger partial charge < -0.3 is 19.4 Å². The van der Waals surface area contributed by atoms with E-state index in [4.69, 9.17) is 9.47 Å². The second-order valence-corrected chi connectivity index (χ2v) is 6.24. The molecular weight excluding hydrogens is 324 g/mol. The molecule has 1 amide bonds. The third-order valence-electron chi connectivity index (χ3n) is 4.75. The predicted octanol–water partition coefficient (Wildman–Crippen LogP) is 1.16. The highest BCUT2D eigenvalue weighted by Crippen LogP contribution is 2.26. The van der Waals surface area contributed by atoms with Crippen molar-refractivity contribution < 1.29 is 14.3 Å². The van der Waals surface area contributed by atoms with Crippen molar-refractivity contribution in [2.24, 2.45) is 0 Å². The van der Waals surface area contributed by atoms with Gasteiger partial charge in [-0.2, -0.15) is 9.61 Å². The first-order valence-corrected chi connectivity index (χ1v) is 8.46. The van der Waals surface area contributed by atoms with E-state index >= 15 is 0 Å². The molecule has 1 fully saturated rings. The zero-order valence-electron chi connectivity index (χ0n) is 14.1. The lowest BCUT2D eigenvalue weighted by Gasteiger charge is -2.30. The van der Waals surface area contributed by atoms with Gasteiger partial charge in [-0.1, -0.05) is 6.58 Å². The molecular formula is C17H20N4O4. The van der Waals surface area contributed by atoms with Crippen LogP contribution in [0.15, 0.2) is 17.4 Å². The molecule has 0 atom stereocenters. The molecule has 0 spiro atoms. The van der Waals surface area contributed by atoms with Crippen LogP contribution in [-0.4, -0.2) is 51.3 Å². The van der Waals surface area contributed by atoms with Crippen LogP contribution in [0.5, 0.6) is 0 Å². The molecule has 0 radical (unpaired) electrons. The van der Waals surface area contributed by atoms with Crippen LogP contribution >= 0.6 is 0 Å². The highest BCUT2D eigenvalue weighted by Gasteiger charge is 2.36. The predicted molar refractivity (Wildman–Crippen MR) is 90.2 cm³/mol. The van der Waals surface area contributed by atoms with Crippen LogP contribution < -0.4 is 5.56 Å². The van der Waals surface area contributed by atoms with Gasteiger partial charge in [0.05, 0.1) is 18.7 Å². The van der Waals surface area contributed by atoms with E-state index in [0.29, 0.717) is 54.7 Å². The van der Waals surface area contributed by atoms with Crippen LogP contribution in [0.2, 0.25) is 0 Å². The molecule has 0 aliphatic carbocycles. The van der Waals surface area contributed by atoms with Gasteiger partial charge in [-0.25, -0.2) is 0 Å². The van der Waals surface area contributed by atoms with Crippen LogP contribution in [0.3, 0.4) is 0 Å². The summed E-state index contributed by atoms with van der Waals surface area (Å²) in [5, 5.41) is 4.27. The Balaban J connectivity index is 1.72. The van der Waals surface area contributed by atoms with E-state index in [9.17, 15) is 9.59 Å². The van der Waals surface area contributed by atoms with Gasteiger partial charge in [0.25, 0.3) is 11.5 Å². The normalized spacial score (nSPS) is 18.0. The van der Waals surface area contributed by atoms with Crippen LogP contribution in [0, 0.1) is 0 Å². The quantitative estimate of drug-likeness (QED) is 0.841. The molecule has 4 rings (SSSR count). The smallest absolute Gasteiger partial charge is 0.280 e. The largest absolute Gasteiger partial charge is 0.492 e. The van der Waals surface area contributed by atoms with Crippen molar-refractivity contribution in [2.75, 3.05) is 19.8 Å². The molecule has 0 bridgehead atoms. The Morgan fingerprint density at radius 1 is 1.44 bits per heavy atom. The van der Waals surface area contributed by atoms with E-state index < -0.39 is 0 Å². The lowest BCUT2D eigenvalue weighted by molar-refractivity contribution is 0.0301. The van der Waals surface area contributed by atoms with Gasteiger partial charge in [0.1, 0.15) is 22.8 Å². The lowest BCUT2D eigenvalue weighted by atomic mass is 10.1. The Kier molecular flexibility index (Phi) is 3.84. The minimum atomic E-state index is -0.276. The first kappa shape index (κ1) is 15.9. The molecule has 0 aromatic carbocycles. The average Bonchev–Trinajstić information content (AvgIpc) is 3.19. The van der Waals surface area contributed by atoms with E-state index in [1.165, 1.54) is 4.52 Å². The van der Waals surface area contributed by atoms with Crippen molar-refractivity contribution in [2.45, 2.75) is 32.4 Å². The first-order valence-electron chi connectivity index (χ1n) is 8.46. The summed E-state index contributed by atoms with van der Waals surface area (Å²) in [6, 6.07) is 1.78. The minimum absolute atomic E-state index is 0.113. The topological polar surface area (TPSA) is 88.9 Å². The molecule has 4 heterocycles. The van der Waals surface area contributed by atoms with Crippen LogP contribution in [-0.2, 0) is 16.0 Å². The van der Waals surface area contributed by atoms with Gasteiger partial charge >= 0.3 is 0 Å². The fraction of sp³-hybridized carbons (Fsp3) is 0.471. The van der Waals surface area contributed by atoms with Crippen molar-refractivity contribution in [3.05, 3.63) is 40.0 Å². The van der Waals surface area contributed by atoms with E-state index in [0.717, 1.165) is 12.8 Å². The highest BCUT2D eigenvalue weighted by atomic mass is 16.5. The summed E-state index contributed by atoms with van der Waals surface area (Å²) in [5.41, 5.74) is 1.48. The number of fused-ring (bicyclic) bond motifs is 2. The van der Waals surface area contributed by atoms with Gasteiger partial charge in [-0.15, -0.1) is 0 Å². The van der Waals surface area contributed by atoms with Crippen LogP contribution in [0.25, 0.3) is 11.4 Å². The molecule has 2 aliphatic heterocycles. The van der Waals surface area contributed by atoms with Gasteiger partial charge in [-0.3, -0.25) is 9.59 Å². The third kappa shape index (κ3) is 2.53. The van der Waals surface area contributed by atoms with Crippen molar-refractivity contribution in [1.82, 2.24) is 19.5 Å². The second-order valence-electron chi connectivity index (χ2n) is 6.24. The number of aromatic nitrogens is 3. The van der Waals surface area contributed by atoms with E-state index in [-0.39, 0.29) is 17.5 Å². The molecule has 0 unspecified atom stereocenters. The molecule has 1 saturated heterocycles. The number of ether oxygens (including phenoxy) is 2. The summed E-state index contributed by atoms with van der Waals surface area (Å²) in [4.78, 5) is 30.4. The lowest BCUT2D eigenvalue weighted by Crippen LogP contribution is -2.39. The third-order valence-corrected chi connectivity index (χ3v) is 4.75. The Hall–Kier alpha value is -2.61. The van der Waals surface area contributed by atoms with Crippen molar-refractivity contribution >= 4 is 17.3 Å². The summed E-state index contributed by atoms with van der Waals surface area (Å²) in [5.74, 6) is 0.266. The summed E-state index contributed by atoms with van der Waals surface area (Å²) in [6.45, 7) is 7.72. The zero-order valence-corrected chi connectivity index (χ0v) is 14.1. The van der Waals surface area contributed by atoms with Crippen molar-refractivity contribution in [1.29, 1.82) is 0 Å². The first-order chi connectivity index (χ1) is 12.1. The molecule has 2 aromatic heterocycles. The van der Waals surface area contributed by atoms with E-state index in [2.05, 4.69) is 16.7 Å². The summed E-state index contributed by atoms with van der Waals surface area (Å²) in [7, 11) is 0. The Morgan fingerprint density at radius 3 is 2.92 bits per heavy atom. The molecule has 0 saturated carbocycles. The Labute approximate surface area is 144 Å². The maximum atomic E-state index is 12.8. The average molecular weight is 344 g/mol. The number of carbonyl (C=O) groups excluding carboxylic acids is 1. The molecule has 132 valence electrons. The van der Waals surface area contributed by atoms with Gasteiger partial charge in [-0.05, 0) is 19.8 Å². The fourth-order valence-corrected chi connectivity index (χ4v) is 3.45. The number of nitrogens with one attached hydrogen (secondary N) is 1. The van der Waals surface area contributed by atoms with Crippen molar-refractivity contribution in [3.8, 4) is 0 Å². The molecule has 1 N–H and O–H groups in total. The summed E-state index contributed by atoms with van der Waals surface area (Å²) >= 11 is 0. The van der Waals surface area contributed by atoms with E-state index in [1.54, 1.807) is 11.0 Å². The molecule has 2 aromatic rings. The maximum Gasteiger partial charge on any atom is 0.280 e. The summed E-state index contributed by atoms with van der Waals surface area (Å²) < 4.78 is 12.0. The second kappa shape index (κ2) is 6.03. The molecule has 8 heteroatoms. The zero-order chi connectivity index (χ0) is 17.6. The number of hydrogen-bond acceptors (Lipinski definition) is 5. The fourth-order valence-electron chi connectivity index (χ4n) is 3.45. The minimum Gasteiger partial charge on any atom is -0.492 e. The van der Waals surface area contributed by atoms with Crippen LogP contribution in [0.1, 0.15) is 41.5 Å². The van der Waals surface area contributed by atoms with Crippen LogP contribution in [0.4, 0.5) is 0 Å². The number of aromatic amines is 1. The van der Waals surface area contributed by atoms with Gasteiger partial charge in [0, 0.05) is 25.3 Å². The highest BCUT2D eigenvalue weighted by molar-refractivity contribution is 5.97. The molecule has 25 heavy (non-hydrogen) atoms. The number of carbonyl (C=O) groups is 1. The summed E-state index contributed by atoms with van der Waals surface area (Å²) in [6.07, 6.45) is 1.59. The van der Waals surface area contributed by atoms with Gasteiger partial charge in [0.2, 0.25) is 0 Å². The Bertz CT molecular complexity index is 907.